The molecule has 1 aliphatic heterocycles. The van der Waals surface area contributed by atoms with Crippen LogP contribution in [0.15, 0.2) is 55.6 Å². The van der Waals surface area contributed by atoms with Crippen molar-refractivity contribution in [3.8, 4) is 0 Å². The van der Waals surface area contributed by atoms with E-state index in [0.717, 1.165) is 39.1 Å². The number of hydrogen-bond donors (Lipinski definition) is 1. The third-order valence-corrected chi connectivity index (χ3v) is 4.08. The van der Waals surface area contributed by atoms with Crippen LogP contribution in [0, 0.1) is 0 Å². The Balaban J connectivity index is 1.91. The summed E-state index contributed by atoms with van der Waals surface area (Å²) in [6, 6.07) is 10.6. The van der Waals surface area contributed by atoms with Crippen molar-refractivity contribution in [2.24, 2.45) is 0 Å². The smallest absolute Gasteiger partial charge is 0.0822 e. The zero-order valence-electron chi connectivity index (χ0n) is 12.7. The van der Waals surface area contributed by atoms with Gasteiger partial charge in [-0.15, -0.1) is 13.2 Å². The first kappa shape index (κ1) is 16.0. The lowest BCUT2D eigenvalue weighted by atomic mass is 9.99. The number of aliphatic hydroxyl groups excluding tert-OH is 1. The number of nitrogens with zero attached hydrogens (tertiary/aromatic N) is 2. The Morgan fingerprint density at radius 2 is 1.86 bits per heavy atom. The average molecular weight is 286 g/mol. The molecule has 3 nitrogen and oxygen atoms in total. The van der Waals surface area contributed by atoms with Crippen LogP contribution in [0.5, 0.6) is 0 Å². The second kappa shape index (κ2) is 8.13. The van der Waals surface area contributed by atoms with E-state index in [1.54, 1.807) is 0 Å². The highest BCUT2D eigenvalue weighted by Crippen LogP contribution is 2.19. The molecule has 0 bridgehead atoms. The molecule has 0 aromatic heterocycles. The van der Waals surface area contributed by atoms with Gasteiger partial charge in [-0.3, -0.25) is 9.80 Å². The highest BCUT2D eigenvalue weighted by Gasteiger charge is 2.31. The molecule has 1 heterocycles. The Bertz CT molecular complexity index is 436. The number of likely N-dealkylation sites (tertiary alicyclic amines) is 1. The minimum atomic E-state index is -0.317. The van der Waals surface area contributed by atoms with E-state index in [1.165, 1.54) is 5.56 Å². The van der Waals surface area contributed by atoms with Crippen molar-refractivity contribution in [1.82, 2.24) is 9.80 Å². The highest BCUT2D eigenvalue weighted by molar-refractivity contribution is 5.14. The number of piperidine rings is 1. The number of aliphatic hydroxyl groups is 1. The summed E-state index contributed by atoms with van der Waals surface area (Å²) < 4.78 is 0. The van der Waals surface area contributed by atoms with E-state index in [9.17, 15) is 5.11 Å². The van der Waals surface area contributed by atoms with Gasteiger partial charge in [-0.1, -0.05) is 42.5 Å². The van der Waals surface area contributed by atoms with Gasteiger partial charge < -0.3 is 5.11 Å². The second-order valence-corrected chi connectivity index (χ2v) is 5.68. The number of hydrogen-bond acceptors (Lipinski definition) is 3. The fourth-order valence-corrected chi connectivity index (χ4v) is 3.07. The molecule has 1 aromatic carbocycles. The summed E-state index contributed by atoms with van der Waals surface area (Å²) in [6.07, 6.45) is 4.46. The van der Waals surface area contributed by atoms with Gasteiger partial charge in [0, 0.05) is 38.8 Å². The topological polar surface area (TPSA) is 26.7 Å². The van der Waals surface area contributed by atoms with Crippen molar-refractivity contribution in [3.05, 3.63) is 61.2 Å². The molecule has 2 rings (SSSR count). The number of β-amino-alcohol motifs (C(OH)–C–C–N with tert-alkyl or cyclic N) is 1. The Morgan fingerprint density at radius 3 is 2.43 bits per heavy atom. The molecule has 114 valence electrons. The predicted molar refractivity (Wildman–Crippen MR) is 88.1 cm³/mol. The van der Waals surface area contributed by atoms with Crippen LogP contribution >= 0.6 is 0 Å². The van der Waals surface area contributed by atoms with Crippen LogP contribution in [0.4, 0.5) is 0 Å². The SMILES string of the molecule is C=CCN(CC=C)[C@@H]1CCN(Cc2ccccc2)C[C@H]1O. The molecule has 1 fully saturated rings. The third kappa shape index (κ3) is 4.53. The van der Waals surface area contributed by atoms with Gasteiger partial charge in [0.05, 0.1) is 6.10 Å². The predicted octanol–water partition coefficient (Wildman–Crippen LogP) is 2.30. The molecule has 0 amide bonds. The lowest BCUT2D eigenvalue weighted by molar-refractivity contribution is -0.00780. The van der Waals surface area contributed by atoms with Crippen LogP contribution in [0.3, 0.4) is 0 Å². The number of benzene rings is 1. The van der Waals surface area contributed by atoms with Crippen LogP contribution in [-0.4, -0.2) is 53.2 Å². The normalized spacial score (nSPS) is 23.1. The van der Waals surface area contributed by atoms with Crippen LogP contribution in [0.25, 0.3) is 0 Å². The van der Waals surface area contributed by atoms with E-state index in [-0.39, 0.29) is 12.1 Å². The fourth-order valence-electron chi connectivity index (χ4n) is 3.07. The molecule has 1 aromatic rings. The van der Waals surface area contributed by atoms with Gasteiger partial charge in [-0.05, 0) is 12.0 Å². The lowest BCUT2D eigenvalue weighted by Gasteiger charge is -2.41. The molecule has 3 heteroatoms. The average Bonchev–Trinajstić information content (AvgIpc) is 2.48. The maximum absolute atomic E-state index is 10.5. The maximum atomic E-state index is 10.5. The van der Waals surface area contributed by atoms with E-state index >= 15 is 0 Å². The van der Waals surface area contributed by atoms with E-state index < -0.39 is 0 Å². The summed E-state index contributed by atoms with van der Waals surface area (Å²) >= 11 is 0. The second-order valence-electron chi connectivity index (χ2n) is 5.68. The monoisotopic (exact) mass is 286 g/mol. The summed E-state index contributed by atoms with van der Waals surface area (Å²) in [5.74, 6) is 0. The Labute approximate surface area is 128 Å². The van der Waals surface area contributed by atoms with E-state index in [2.05, 4.69) is 47.2 Å². The first-order chi connectivity index (χ1) is 10.2. The first-order valence-electron chi connectivity index (χ1n) is 7.64. The van der Waals surface area contributed by atoms with Crippen molar-refractivity contribution in [1.29, 1.82) is 0 Å². The lowest BCUT2D eigenvalue weighted by Crippen LogP contribution is -2.54. The molecule has 0 unspecified atom stereocenters. The molecule has 2 atom stereocenters. The van der Waals surface area contributed by atoms with E-state index in [0.29, 0.717) is 0 Å². The number of rotatable bonds is 7. The van der Waals surface area contributed by atoms with Crippen LogP contribution in [0.2, 0.25) is 0 Å². The van der Waals surface area contributed by atoms with Crippen molar-refractivity contribution in [3.63, 3.8) is 0 Å². The van der Waals surface area contributed by atoms with Crippen LogP contribution in [0.1, 0.15) is 12.0 Å². The highest BCUT2D eigenvalue weighted by atomic mass is 16.3. The van der Waals surface area contributed by atoms with Crippen molar-refractivity contribution >= 4 is 0 Å². The zero-order chi connectivity index (χ0) is 15.1. The van der Waals surface area contributed by atoms with Gasteiger partial charge >= 0.3 is 0 Å². The largest absolute Gasteiger partial charge is 0.390 e. The standard InChI is InChI=1S/C18H26N2O/c1-3-11-20(12-4-2)17-10-13-19(15-18(17)21)14-16-8-6-5-7-9-16/h3-9,17-18,21H,1-2,10-15H2/t17-,18-/m1/s1. The zero-order valence-corrected chi connectivity index (χ0v) is 12.7. The Morgan fingerprint density at radius 1 is 1.19 bits per heavy atom. The van der Waals surface area contributed by atoms with Gasteiger partial charge in [0.1, 0.15) is 0 Å². The van der Waals surface area contributed by atoms with Gasteiger partial charge in [0.15, 0.2) is 0 Å². The molecule has 0 saturated carbocycles. The molecule has 0 radical (unpaired) electrons. The van der Waals surface area contributed by atoms with E-state index in [1.807, 2.05) is 18.2 Å². The van der Waals surface area contributed by atoms with Crippen LogP contribution in [-0.2, 0) is 6.54 Å². The molecule has 0 aliphatic carbocycles. The minimum absolute atomic E-state index is 0.202. The van der Waals surface area contributed by atoms with Crippen molar-refractivity contribution in [2.75, 3.05) is 26.2 Å². The van der Waals surface area contributed by atoms with E-state index in [4.69, 9.17) is 0 Å². The molecule has 1 aliphatic rings. The summed E-state index contributed by atoms with van der Waals surface area (Å²) in [4.78, 5) is 4.58. The third-order valence-electron chi connectivity index (χ3n) is 4.08. The molecule has 21 heavy (non-hydrogen) atoms. The quantitative estimate of drug-likeness (QED) is 0.779. The molecular formula is C18H26N2O. The van der Waals surface area contributed by atoms with Crippen molar-refractivity contribution in [2.45, 2.75) is 25.1 Å². The van der Waals surface area contributed by atoms with Gasteiger partial charge in [-0.2, -0.15) is 0 Å². The summed E-state index contributed by atoms with van der Waals surface area (Å²) in [5, 5.41) is 10.5. The maximum Gasteiger partial charge on any atom is 0.0822 e. The fraction of sp³-hybridized carbons (Fsp3) is 0.444. The Kier molecular flexibility index (Phi) is 6.18. The van der Waals surface area contributed by atoms with Gasteiger partial charge in [0.25, 0.3) is 0 Å². The first-order valence-corrected chi connectivity index (χ1v) is 7.64. The summed E-state index contributed by atoms with van der Waals surface area (Å²) in [5.41, 5.74) is 1.30. The molecular weight excluding hydrogens is 260 g/mol. The molecule has 0 spiro atoms. The summed E-state index contributed by atoms with van der Waals surface area (Å²) in [6.45, 7) is 11.9. The van der Waals surface area contributed by atoms with Gasteiger partial charge in [0.2, 0.25) is 0 Å². The molecule has 1 saturated heterocycles. The minimum Gasteiger partial charge on any atom is -0.390 e. The molecule has 1 N–H and O–H groups in total. The van der Waals surface area contributed by atoms with Crippen molar-refractivity contribution < 1.29 is 5.11 Å². The summed E-state index contributed by atoms with van der Waals surface area (Å²) in [7, 11) is 0. The van der Waals surface area contributed by atoms with Crippen LogP contribution < -0.4 is 0 Å². The van der Waals surface area contributed by atoms with Gasteiger partial charge in [-0.25, -0.2) is 0 Å². The Hall–Kier alpha value is -1.42.